The smallest absolute Gasteiger partial charge is 0.231 e. The molecule has 6 nitrogen and oxygen atoms in total. The summed E-state index contributed by atoms with van der Waals surface area (Å²) in [5, 5.41) is 4.05. The Morgan fingerprint density at radius 2 is 1.76 bits per heavy atom. The number of ether oxygens (including phenoxy) is 2. The lowest BCUT2D eigenvalue weighted by molar-refractivity contribution is 0.174. The molecule has 1 fully saturated rings. The third kappa shape index (κ3) is 3.39. The summed E-state index contributed by atoms with van der Waals surface area (Å²) in [6, 6.07) is 21.7. The van der Waals surface area contributed by atoms with Crippen molar-refractivity contribution in [3.8, 4) is 17.2 Å². The van der Waals surface area contributed by atoms with Crippen molar-refractivity contribution in [3.05, 3.63) is 102 Å². The van der Waals surface area contributed by atoms with Crippen molar-refractivity contribution in [2.24, 2.45) is 0 Å². The van der Waals surface area contributed by atoms with Gasteiger partial charge in [-0.25, -0.2) is 4.39 Å². The third-order valence-corrected chi connectivity index (χ3v) is 6.24. The lowest BCUT2D eigenvalue weighted by atomic mass is 10.0. The Bertz CT molecular complexity index is 1330. The first-order valence-corrected chi connectivity index (χ1v) is 10.9. The van der Waals surface area contributed by atoms with Gasteiger partial charge >= 0.3 is 0 Å². The predicted octanol–water partition coefficient (Wildman–Crippen LogP) is 4.92. The second kappa shape index (κ2) is 7.90. The normalized spacial score (nSPS) is 19.1. The highest BCUT2D eigenvalue weighted by Crippen LogP contribution is 2.44. The molecule has 0 saturated carbocycles. The van der Waals surface area contributed by atoms with Crippen LogP contribution in [0.2, 0.25) is 0 Å². The summed E-state index contributed by atoms with van der Waals surface area (Å²) in [5.74, 6) is 1.12. The van der Waals surface area contributed by atoms with E-state index in [-0.39, 0.29) is 24.7 Å². The molecule has 2 aliphatic heterocycles. The zero-order valence-corrected chi connectivity index (χ0v) is 18.2. The van der Waals surface area contributed by atoms with E-state index >= 15 is 0 Å². The number of aromatic nitrogens is 2. The molecule has 2 atom stereocenters. The average molecular weight is 459 g/mol. The first-order valence-electron chi connectivity index (χ1n) is 10.5. The molecule has 0 spiro atoms. The first-order chi connectivity index (χ1) is 16.2. The maximum Gasteiger partial charge on any atom is 0.231 e. The minimum atomic E-state index is -0.274. The second-order valence-electron chi connectivity index (χ2n) is 7.81. The minimum Gasteiger partial charge on any atom is -0.454 e. The lowest BCUT2D eigenvalue weighted by Gasteiger charge is -2.29. The molecule has 2 aromatic carbocycles. The van der Waals surface area contributed by atoms with E-state index in [0.29, 0.717) is 16.6 Å². The van der Waals surface area contributed by atoms with Gasteiger partial charge in [-0.2, -0.15) is 0 Å². The number of pyridine rings is 1. The van der Waals surface area contributed by atoms with Gasteiger partial charge < -0.3 is 24.3 Å². The number of anilines is 1. The van der Waals surface area contributed by atoms with E-state index in [1.165, 1.54) is 12.1 Å². The van der Waals surface area contributed by atoms with Crippen LogP contribution in [0.3, 0.4) is 0 Å². The van der Waals surface area contributed by atoms with Crippen LogP contribution >= 0.6 is 12.2 Å². The van der Waals surface area contributed by atoms with Gasteiger partial charge in [0.25, 0.3) is 0 Å². The summed E-state index contributed by atoms with van der Waals surface area (Å²) in [6.07, 6.45) is 3.75. The quantitative estimate of drug-likeness (QED) is 0.438. The van der Waals surface area contributed by atoms with Gasteiger partial charge in [0.1, 0.15) is 11.9 Å². The number of fused-ring (bicyclic) bond motifs is 1. The molecule has 8 heteroatoms. The van der Waals surface area contributed by atoms with Gasteiger partial charge in [-0.3, -0.25) is 4.98 Å². The highest BCUT2D eigenvalue weighted by atomic mass is 32.1. The fourth-order valence-corrected chi connectivity index (χ4v) is 4.79. The number of benzene rings is 2. The molecule has 0 aliphatic carbocycles. The summed E-state index contributed by atoms with van der Waals surface area (Å²) >= 11 is 5.81. The van der Waals surface area contributed by atoms with Gasteiger partial charge in [0.2, 0.25) is 6.79 Å². The number of halogens is 1. The largest absolute Gasteiger partial charge is 0.454 e. The zero-order valence-electron chi connectivity index (χ0n) is 17.4. The van der Waals surface area contributed by atoms with Crippen molar-refractivity contribution >= 4 is 23.0 Å². The Morgan fingerprint density at radius 3 is 2.58 bits per heavy atom. The summed E-state index contributed by atoms with van der Waals surface area (Å²) in [4.78, 5) is 6.68. The summed E-state index contributed by atoms with van der Waals surface area (Å²) in [6.45, 7) is 0.203. The van der Waals surface area contributed by atoms with E-state index in [1.807, 2.05) is 48.7 Å². The molecule has 33 heavy (non-hydrogen) atoms. The van der Waals surface area contributed by atoms with Gasteiger partial charge in [0, 0.05) is 35.5 Å². The molecule has 0 amide bonds. The van der Waals surface area contributed by atoms with Crippen LogP contribution in [-0.4, -0.2) is 21.5 Å². The van der Waals surface area contributed by atoms with Crippen LogP contribution in [0.25, 0.3) is 5.69 Å². The highest BCUT2D eigenvalue weighted by Gasteiger charge is 2.42. The second-order valence-corrected chi connectivity index (χ2v) is 8.20. The molecule has 0 bridgehead atoms. The number of rotatable bonds is 4. The monoisotopic (exact) mass is 458 g/mol. The summed E-state index contributed by atoms with van der Waals surface area (Å²) in [5.41, 5.74) is 3.61. The van der Waals surface area contributed by atoms with Gasteiger partial charge in [-0.15, -0.1) is 0 Å². The van der Waals surface area contributed by atoms with Crippen molar-refractivity contribution < 1.29 is 13.9 Å². The molecule has 0 unspecified atom stereocenters. The number of nitrogens with zero attached hydrogens (tertiary/aromatic N) is 3. The van der Waals surface area contributed by atoms with E-state index < -0.39 is 0 Å². The van der Waals surface area contributed by atoms with Crippen LogP contribution in [0.1, 0.15) is 23.5 Å². The number of thiocarbonyl (C=S) groups is 1. The predicted molar refractivity (Wildman–Crippen MR) is 126 cm³/mol. The van der Waals surface area contributed by atoms with Gasteiger partial charge in [-0.05, 0) is 72.9 Å². The molecule has 2 aliphatic rings. The fourth-order valence-electron chi connectivity index (χ4n) is 4.44. The molecular weight excluding hydrogens is 439 g/mol. The fraction of sp³-hybridized carbons (Fsp3) is 0.120. The SMILES string of the molecule is Fc1ccc(-n2cccc2[C@@H]2[C@@H](c3ccccn3)NC(=S)N2c2ccc3c(c2)OCO3)cc1. The minimum absolute atomic E-state index is 0.196. The summed E-state index contributed by atoms with van der Waals surface area (Å²) in [7, 11) is 0. The standard InChI is InChI=1S/C25H19FN4O2S/c26-16-6-8-17(9-7-16)29-13-3-5-20(29)24-23(19-4-1-2-12-27-19)28-25(33)30(24)18-10-11-21-22(14-18)32-15-31-21/h1-14,23-24H,15H2,(H,28,33)/t23-,24-/m1/s1. The van der Waals surface area contributed by atoms with Crippen LogP contribution in [0.5, 0.6) is 11.5 Å². The third-order valence-electron chi connectivity index (χ3n) is 5.92. The van der Waals surface area contributed by atoms with Crippen molar-refractivity contribution in [2.45, 2.75) is 12.1 Å². The van der Waals surface area contributed by atoms with Crippen molar-refractivity contribution in [2.75, 3.05) is 11.7 Å². The number of hydrogen-bond donors (Lipinski definition) is 1. The van der Waals surface area contributed by atoms with Gasteiger partial charge in [0.15, 0.2) is 16.6 Å². The van der Waals surface area contributed by atoms with Crippen molar-refractivity contribution in [1.29, 1.82) is 0 Å². The van der Waals surface area contributed by atoms with Crippen LogP contribution in [0, 0.1) is 5.82 Å². The number of nitrogens with one attached hydrogen (secondary N) is 1. The summed E-state index contributed by atoms with van der Waals surface area (Å²) < 4.78 is 26.7. The van der Waals surface area contributed by atoms with E-state index in [4.69, 9.17) is 21.7 Å². The zero-order chi connectivity index (χ0) is 22.4. The van der Waals surface area contributed by atoms with Crippen LogP contribution in [-0.2, 0) is 0 Å². The maximum absolute atomic E-state index is 13.6. The Balaban J connectivity index is 1.50. The molecule has 1 saturated heterocycles. The van der Waals surface area contributed by atoms with Gasteiger partial charge in [-0.1, -0.05) is 6.07 Å². The van der Waals surface area contributed by atoms with E-state index in [0.717, 1.165) is 22.8 Å². The molecule has 2 aromatic heterocycles. The average Bonchev–Trinajstić information content (AvgIpc) is 3.57. The van der Waals surface area contributed by atoms with Gasteiger partial charge in [0.05, 0.1) is 11.7 Å². The Morgan fingerprint density at radius 1 is 0.939 bits per heavy atom. The maximum atomic E-state index is 13.6. The van der Waals surface area contributed by atoms with E-state index in [2.05, 4.69) is 25.8 Å². The Hall–Kier alpha value is -3.91. The van der Waals surface area contributed by atoms with Crippen molar-refractivity contribution in [1.82, 2.24) is 14.9 Å². The Kier molecular flexibility index (Phi) is 4.73. The highest BCUT2D eigenvalue weighted by molar-refractivity contribution is 7.80. The van der Waals surface area contributed by atoms with Crippen LogP contribution < -0.4 is 19.7 Å². The molecule has 4 heterocycles. The number of hydrogen-bond acceptors (Lipinski definition) is 4. The molecule has 4 aromatic rings. The molecule has 0 radical (unpaired) electrons. The van der Waals surface area contributed by atoms with E-state index in [1.54, 1.807) is 18.3 Å². The van der Waals surface area contributed by atoms with Crippen LogP contribution in [0.4, 0.5) is 10.1 Å². The van der Waals surface area contributed by atoms with Crippen LogP contribution in [0.15, 0.2) is 85.2 Å². The Labute approximate surface area is 195 Å². The molecular formula is C25H19FN4O2S. The molecule has 164 valence electrons. The topological polar surface area (TPSA) is 51.6 Å². The molecule has 1 N–H and O–H groups in total. The van der Waals surface area contributed by atoms with Crippen molar-refractivity contribution in [3.63, 3.8) is 0 Å². The van der Waals surface area contributed by atoms with E-state index in [9.17, 15) is 4.39 Å². The molecule has 6 rings (SSSR count). The first kappa shape index (κ1) is 19.8. The lowest BCUT2D eigenvalue weighted by Crippen LogP contribution is -2.30.